The molecule has 0 bridgehead atoms. The molecule has 0 fully saturated rings. The quantitative estimate of drug-likeness (QED) is 0.516. The molecule has 80 valence electrons. The van der Waals surface area contributed by atoms with E-state index in [9.17, 15) is 8.42 Å². The van der Waals surface area contributed by atoms with Gasteiger partial charge in [-0.3, -0.25) is 0 Å². The fourth-order valence-electron chi connectivity index (χ4n) is 1.05. The van der Waals surface area contributed by atoms with Crippen molar-refractivity contribution in [1.29, 1.82) is 5.26 Å². The van der Waals surface area contributed by atoms with Gasteiger partial charge in [0.25, 0.3) is 9.05 Å². The van der Waals surface area contributed by atoms with Gasteiger partial charge in [-0.25, -0.2) is 8.42 Å². The Bertz CT molecular complexity index is 536. The van der Waals surface area contributed by atoms with E-state index in [1.807, 2.05) is 6.07 Å². The number of alkyl halides is 1. The average Bonchev–Trinajstić information content (AvgIpc) is 2.15. The fourth-order valence-corrected chi connectivity index (χ4v) is 3.25. The number of hydrogen-bond donors (Lipinski definition) is 1. The van der Waals surface area contributed by atoms with Gasteiger partial charge in [0.15, 0.2) is 0 Å². The van der Waals surface area contributed by atoms with Crippen molar-refractivity contribution >= 4 is 48.3 Å². The monoisotopic (exact) mass is 325 g/mol. The lowest BCUT2D eigenvalue weighted by Gasteiger charge is -2.06. The molecule has 0 aliphatic carbocycles. The average molecular weight is 327 g/mol. The van der Waals surface area contributed by atoms with E-state index in [4.69, 9.17) is 15.9 Å². The Labute approximate surface area is 106 Å². The Morgan fingerprint density at radius 1 is 1.53 bits per heavy atom. The van der Waals surface area contributed by atoms with Gasteiger partial charge in [0.1, 0.15) is 6.07 Å². The molecule has 0 radical (unpaired) electrons. The van der Waals surface area contributed by atoms with Crippen LogP contribution in [0.2, 0.25) is 0 Å². The van der Waals surface area contributed by atoms with Crippen molar-refractivity contribution in [3.8, 4) is 6.07 Å². The maximum atomic E-state index is 11.1. The minimum Gasteiger partial charge on any atom is -0.207 e. The van der Waals surface area contributed by atoms with Gasteiger partial charge in [-0.05, 0) is 11.6 Å². The van der Waals surface area contributed by atoms with E-state index < -0.39 is 9.05 Å². The largest absolute Gasteiger partial charge is 0.262 e. The maximum Gasteiger partial charge on any atom is 0.262 e. The number of rotatable bonds is 2. The fraction of sp³-hybridized carbons (Fsp3) is 0.125. The lowest BCUT2D eigenvalue weighted by Crippen LogP contribution is -1.97. The second kappa shape index (κ2) is 4.74. The highest BCUT2D eigenvalue weighted by molar-refractivity contribution is 9.08. The lowest BCUT2D eigenvalue weighted by molar-refractivity contribution is 0.607. The van der Waals surface area contributed by atoms with Crippen LogP contribution in [0.4, 0.5) is 0 Å². The summed E-state index contributed by atoms with van der Waals surface area (Å²) in [5.74, 6) is 0. The van der Waals surface area contributed by atoms with Gasteiger partial charge in [0, 0.05) is 20.9 Å². The summed E-state index contributed by atoms with van der Waals surface area (Å²) in [4.78, 5) is -0.0572. The molecule has 0 atom stereocenters. The van der Waals surface area contributed by atoms with Gasteiger partial charge in [-0.1, -0.05) is 22.0 Å². The summed E-state index contributed by atoms with van der Waals surface area (Å²) in [6, 6.07) is 4.76. The predicted octanol–water partition coefficient (Wildman–Crippen LogP) is 2.67. The van der Waals surface area contributed by atoms with Crippen LogP contribution in [0.1, 0.15) is 11.1 Å². The van der Waals surface area contributed by atoms with Crippen LogP contribution in [0.3, 0.4) is 0 Å². The Morgan fingerprint density at radius 2 is 2.13 bits per heavy atom. The van der Waals surface area contributed by atoms with Gasteiger partial charge >= 0.3 is 0 Å². The van der Waals surface area contributed by atoms with Crippen LogP contribution in [0.25, 0.3) is 0 Å². The first-order chi connectivity index (χ1) is 6.91. The first kappa shape index (κ1) is 12.8. The molecule has 0 aromatic heterocycles. The third kappa shape index (κ3) is 2.67. The molecule has 0 aliphatic heterocycles. The highest BCUT2D eigenvalue weighted by Gasteiger charge is 2.18. The van der Waals surface area contributed by atoms with Crippen LogP contribution >= 0.6 is 39.2 Å². The van der Waals surface area contributed by atoms with Crippen LogP contribution in [-0.4, -0.2) is 8.42 Å². The predicted molar refractivity (Wildman–Crippen MR) is 64.1 cm³/mol. The summed E-state index contributed by atoms with van der Waals surface area (Å²) in [5.41, 5.74) is 0.892. The first-order valence-corrected chi connectivity index (χ1v) is 7.55. The van der Waals surface area contributed by atoms with E-state index in [2.05, 4.69) is 28.6 Å². The molecule has 15 heavy (non-hydrogen) atoms. The molecule has 7 heteroatoms. The molecule has 1 aromatic rings. The Morgan fingerprint density at radius 3 is 2.53 bits per heavy atom. The number of nitrogens with zero attached hydrogens (tertiary/aromatic N) is 1. The van der Waals surface area contributed by atoms with E-state index in [-0.39, 0.29) is 15.4 Å². The Hall–Kier alpha value is -0.220. The maximum absolute atomic E-state index is 11.1. The van der Waals surface area contributed by atoms with Crippen molar-refractivity contribution in [2.24, 2.45) is 0 Å². The van der Waals surface area contributed by atoms with E-state index >= 15 is 0 Å². The molecular formula is C8H5BrClNO2S2. The molecule has 0 unspecified atom stereocenters. The second-order valence-electron chi connectivity index (χ2n) is 2.63. The summed E-state index contributed by atoms with van der Waals surface area (Å²) >= 11 is 7.19. The number of thiol groups is 1. The smallest absolute Gasteiger partial charge is 0.207 e. The van der Waals surface area contributed by atoms with Crippen LogP contribution in [0, 0.1) is 11.3 Å². The van der Waals surface area contributed by atoms with Gasteiger partial charge < -0.3 is 0 Å². The van der Waals surface area contributed by atoms with E-state index in [1.165, 1.54) is 12.1 Å². The Balaban J connectivity index is 3.59. The van der Waals surface area contributed by atoms with Crippen molar-refractivity contribution in [1.82, 2.24) is 0 Å². The van der Waals surface area contributed by atoms with Crippen molar-refractivity contribution in [3.63, 3.8) is 0 Å². The molecule has 0 saturated carbocycles. The van der Waals surface area contributed by atoms with Crippen LogP contribution in [-0.2, 0) is 14.4 Å². The van der Waals surface area contributed by atoms with E-state index in [1.54, 1.807) is 0 Å². The number of halogens is 2. The Kier molecular flexibility index (Phi) is 4.06. The third-order valence-electron chi connectivity index (χ3n) is 1.75. The second-order valence-corrected chi connectivity index (χ2v) is 6.17. The molecule has 0 N–H and O–H groups in total. The minimum absolute atomic E-state index is 0.0875. The van der Waals surface area contributed by atoms with E-state index in [0.717, 1.165) is 0 Å². The summed E-state index contributed by atoms with van der Waals surface area (Å²) < 4.78 is 22.2. The molecule has 1 rings (SSSR count). The lowest BCUT2D eigenvalue weighted by atomic mass is 10.1. The molecular weight excluding hydrogens is 322 g/mol. The molecule has 0 heterocycles. The standard InChI is InChI=1S/C8H5BrClNO2S2/c9-3-5-1-2-7(15(10,12)13)8(14)6(5)4-11/h1-2,14H,3H2. The van der Waals surface area contributed by atoms with Crippen LogP contribution in [0.15, 0.2) is 21.9 Å². The van der Waals surface area contributed by atoms with Gasteiger partial charge in [0.2, 0.25) is 0 Å². The highest BCUT2D eigenvalue weighted by atomic mass is 79.9. The number of benzene rings is 1. The van der Waals surface area contributed by atoms with Gasteiger partial charge in [-0.15, -0.1) is 12.6 Å². The molecule has 0 aliphatic rings. The highest BCUT2D eigenvalue weighted by Crippen LogP contribution is 2.29. The molecule has 0 amide bonds. The molecule has 1 aromatic carbocycles. The number of hydrogen-bond acceptors (Lipinski definition) is 4. The van der Waals surface area contributed by atoms with Crippen molar-refractivity contribution < 1.29 is 8.42 Å². The molecule has 3 nitrogen and oxygen atoms in total. The summed E-state index contributed by atoms with van der Waals surface area (Å²) in [6.07, 6.45) is 0. The van der Waals surface area contributed by atoms with Crippen molar-refractivity contribution in [2.45, 2.75) is 15.1 Å². The van der Waals surface area contributed by atoms with Gasteiger partial charge in [-0.2, -0.15) is 5.26 Å². The van der Waals surface area contributed by atoms with Crippen LogP contribution in [0.5, 0.6) is 0 Å². The topological polar surface area (TPSA) is 57.9 Å². The summed E-state index contributed by atoms with van der Waals surface area (Å²) in [5, 5.41) is 9.31. The summed E-state index contributed by atoms with van der Waals surface area (Å²) in [6.45, 7) is 0. The van der Waals surface area contributed by atoms with Crippen molar-refractivity contribution in [2.75, 3.05) is 0 Å². The minimum atomic E-state index is -3.86. The normalized spacial score (nSPS) is 11.1. The molecule has 0 saturated heterocycles. The zero-order valence-electron chi connectivity index (χ0n) is 7.24. The van der Waals surface area contributed by atoms with E-state index in [0.29, 0.717) is 10.9 Å². The van der Waals surface area contributed by atoms with Crippen molar-refractivity contribution in [3.05, 3.63) is 23.3 Å². The molecule has 0 spiro atoms. The third-order valence-corrected chi connectivity index (χ3v) is 4.33. The summed E-state index contributed by atoms with van der Waals surface area (Å²) in [7, 11) is 1.33. The SMILES string of the molecule is N#Cc1c(CBr)ccc(S(=O)(=O)Cl)c1S. The zero-order chi connectivity index (χ0) is 11.6. The number of nitriles is 1. The van der Waals surface area contributed by atoms with Gasteiger partial charge in [0.05, 0.1) is 10.5 Å². The zero-order valence-corrected chi connectivity index (χ0v) is 11.3. The van der Waals surface area contributed by atoms with Crippen LogP contribution < -0.4 is 0 Å². The first-order valence-electron chi connectivity index (χ1n) is 3.67.